The highest BCUT2D eigenvalue weighted by Gasteiger charge is 2.14. The second kappa shape index (κ2) is 5.89. The zero-order valence-electron chi connectivity index (χ0n) is 10.0. The van der Waals surface area contributed by atoms with Crippen molar-refractivity contribution < 1.29 is 9.18 Å². The van der Waals surface area contributed by atoms with Gasteiger partial charge in [-0.1, -0.05) is 19.9 Å². The van der Waals surface area contributed by atoms with Gasteiger partial charge in [-0.2, -0.15) is 10.2 Å². The number of benzene rings is 1. The van der Waals surface area contributed by atoms with E-state index < -0.39 is 5.82 Å². The van der Waals surface area contributed by atoms with Crippen LogP contribution in [0.5, 0.6) is 0 Å². The molecule has 17 heavy (non-hydrogen) atoms. The average Bonchev–Trinajstić information content (AvgIpc) is 2.84. The van der Waals surface area contributed by atoms with E-state index in [1.165, 1.54) is 31.5 Å². The van der Waals surface area contributed by atoms with Crippen LogP contribution < -0.4 is 0 Å². The molecule has 5 heteroatoms. The fraction of sp³-hybridized carbons (Fsp3) is 0.250. The Bertz CT molecular complexity index is 494. The number of ketones is 1. The van der Waals surface area contributed by atoms with E-state index >= 15 is 0 Å². The lowest BCUT2D eigenvalue weighted by Crippen LogP contribution is -2.08. The predicted octanol–water partition coefficient (Wildman–Crippen LogP) is 2.64. The maximum Gasteiger partial charge on any atom is 0.162 e. The molecule has 90 valence electrons. The first-order valence-corrected chi connectivity index (χ1v) is 5.36. The highest BCUT2D eigenvalue weighted by atomic mass is 19.1. The quantitative estimate of drug-likeness (QED) is 0.752. The first-order valence-electron chi connectivity index (χ1n) is 5.36. The van der Waals surface area contributed by atoms with Crippen LogP contribution in [0, 0.1) is 5.82 Å². The van der Waals surface area contributed by atoms with Crippen molar-refractivity contribution in [2.75, 3.05) is 0 Å². The summed E-state index contributed by atoms with van der Waals surface area (Å²) in [5.74, 6) is -0.735. The third-order valence-corrected chi connectivity index (χ3v) is 1.98. The molecule has 0 atom stereocenters. The summed E-state index contributed by atoms with van der Waals surface area (Å²) >= 11 is 0. The van der Waals surface area contributed by atoms with Crippen LogP contribution in [-0.4, -0.2) is 20.8 Å². The highest BCUT2D eigenvalue weighted by molar-refractivity contribution is 5.97. The summed E-state index contributed by atoms with van der Waals surface area (Å²) < 4.78 is 13.5. The first-order chi connectivity index (χ1) is 8.20. The summed E-state index contributed by atoms with van der Waals surface area (Å²) in [4.78, 5) is 12.4. The molecule has 1 aromatic carbocycles. The van der Waals surface area contributed by atoms with Gasteiger partial charge in [-0.15, -0.1) is 4.80 Å². The monoisotopic (exact) mass is 235 g/mol. The molecule has 1 heterocycles. The van der Waals surface area contributed by atoms with Crippen LogP contribution in [-0.2, 0) is 0 Å². The van der Waals surface area contributed by atoms with Crippen molar-refractivity contribution in [2.24, 2.45) is 0 Å². The molecule has 2 rings (SSSR count). The van der Waals surface area contributed by atoms with Gasteiger partial charge in [0.25, 0.3) is 0 Å². The Morgan fingerprint density at radius 1 is 1.24 bits per heavy atom. The van der Waals surface area contributed by atoms with E-state index in [0.29, 0.717) is 0 Å². The van der Waals surface area contributed by atoms with Crippen molar-refractivity contribution in [3.05, 3.63) is 42.0 Å². The van der Waals surface area contributed by atoms with Crippen LogP contribution in [0.15, 0.2) is 30.6 Å². The van der Waals surface area contributed by atoms with Gasteiger partial charge in [0.15, 0.2) is 11.6 Å². The van der Waals surface area contributed by atoms with Crippen molar-refractivity contribution in [1.82, 2.24) is 15.0 Å². The Kier molecular flexibility index (Phi) is 4.51. The molecule has 0 spiro atoms. The van der Waals surface area contributed by atoms with E-state index in [2.05, 4.69) is 10.2 Å². The fourth-order valence-corrected chi connectivity index (χ4v) is 1.33. The third-order valence-electron chi connectivity index (χ3n) is 1.98. The van der Waals surface area contributed by atoms with Crippen molar-refractivity contribution >= 4 is 5.78 Å². The standard InChI is InChI=1S/C10H8FN3O.C2H6/c1-7(15)8-3-2-4-9(11)10(8)14-12-5-6-13-14;1-2/h2-6H,1H3;1-2H3. The Hall–Kier alpha value is -2.04. The van der Waals surface area contributed by atoms with Gasteiger partial charge in [-0.05, 0) is 19.1 Å². The molecule has 1 aromatic heterocycles. The summed E-state index contributed by atoms with van der Waals surface area (Å²) in [7, 11) is 0. The minimum atomic E-state index is -0.515. The molecule has 0 amide bonds. The van der Waals surface area contributed by atoms with E-state index in [4.69, 9.17) is 0 Å². The van der Waals surface area contributed by atoms with Crippen LogP contribution >= 0.6 is 0 Å². The first kappa shape index (κ1) is 13.0. The molecule has 0 aliphatic rings. The molecule has 0 saturated carbocycles. The summed E-state index contributed by atoms with van der Waals surface area (Å²) in [6, 6.07) is 4.30. The van der Waals surface area contributed by atoms with Crippen LogP contribution in [0.1, 0.15) is 31.1 Å². The summed E-state index contributed by atoms with van der Waals surface area (Å²) in [6.45, 7) is 5.38. The molecule has 0 N–H and O–H groups in total. The molecule has 0 radical (unpaired) electrons. The second-order valence-corrected chi connectivity index (χ2v) is 3.01. The van der Waals surface area contributed by atoms with Gasteiger partial charge < -0.3 is 0 Å². The minimum absolute atomic E-state index is 0.0926. The maximum atomic E-state index is 13.5. The molecule has 2 aromatic rings. The zero-order chi connectivity index (χ0) is 12.8. The van der Waals surface area contributed by atoms with E-state index in [1.54, 1.807) is 6.07 Å². The molecule has 0 aliphatic carbocycles. The number of Topliss-reactive ketones (excluding diaryl/α,β-unsaturated/α-hetero) is 1. The van der Waals surface area contributed by atoms with E-state index in [1.807, 2.05) is 13.8 Å². The van der Waals surface area contributed by atoms with Gasteiger partial charge in [-0.25, -0.2) is 4.39 Å². The molecule has 0 aliphatic heterocycles. The number of hydrogen-bond acceptors (Lipinski definition) is 3. The maximum absolute atomic E-state index is 13.5. The van der Waals surface area contributed by atoms with Crippen LogP contribution in [0.4, 0.5) is 4.39 Å². The van der Waals surface area contributed by atoms with Gasteiger partial charge in [0.2, 0.25) is 0 Å². The predicted molar refractivity (Wildman–Crippen MR) is 62.7 cm³/mol. The van der Waals surface area contributed by atoms with E-state index in [0.717, 1.165) is 4.80 Å². The van der Waals surface area contributed by atoms with Crippen LogP contribution in [0.2, 0.25) is 0 Å². The van der Waals surface area contributed by atoms with Crippen LogP contribution in [0.25, 0.3) is 5.69 Å². The number of halogens is 1. The van der Waals surface area contributed by atoms with E-state index in [-0.39, 0.29) is 17.0 Å². The second-order valence-electron chi connectivity index (χ2n) is 3.01. The smallest absolute Gasteiger partial charge is 0.162 e. The van der Waals surface area contributed by atoms with E-state index in [9.17, 15) is 9.18 Å². The molecule has 0 saturated heterocycles. The molecular formula is C12H14FN3O. The molecule has 0 fully saturated rings. The van der Waals surface area contributed by atoms with Crippen molar-refractivity contribution in [3.63, 3.8) is 0 Å². The van der Waals surface area contributed by atoms with Gasteiger partial charge in [0, 0.05) is 5.56 Å². The number of para-hydroxylation sites is 1. The van der Waals surface area contributed by atoms with Gasteiger partial charge in [0.05, 0.1) is 12.4 Å². The highest BCUT2D eigenvalue weighted by Crippen LogP contribution is 2.17. The topological polar surface area (TPSA) is 47.8 Å². The molecule has 0 unspecified atom stereocenters. The fourth-order valence-electron chi connectivity index (χ4n) is 1.33. The van der Waals surface area contributed by atoms with Gasteiger partial charge >= 0.3 is 0 Å². The third kappa shape index (κ3) is 2.75. The average molecular weight is 235 g/mol. The molecular weight excluding hydrogens is 221 g/mol. The number of aromatic nitrogens is 3. The summed E-state index contributed by atoms with van der Waals surface area (Å²) in [5.41, 5.74) is 0.362. The van der Waals surface area contributed by atoms with Crippen molar-refractivity contribution in [2.45, 2.75) is 20.8 Å². The Labute approximate surface area is 99.1 Å². The number of carbonyl (C=O) groups excluding carboxylic acids is 1. The van der Waals surface area contributed by atoms with Crippen molar-refractivity contribution in [3.8, 4) is 5.69 Å². The number of hydrogen-bond donors (Lipinski definition) is 0. The SMILES string of the molecule is CC.CC(=O)c1cccc(F)c1-n1nccn1. The lowest BCUT2D eigenvalue weighted by Gasteiger charge is -2.06. The minimum Gasteiger partial charge on any atom is -0.294 e. The van der Waals surface area contributed by atoms with Crippen LogP contribution in [0.3, 0.4) is 0 Å². The van der Waals surface area contributed by atoms with Gasteiger partial charge in [0.1, 0.15) is 5.69 Å². The Morgan fingerprint density at radius 2 is 1.82 bits per heavy atom. The van der Waals surface area contributed by atoms with Gasteiger partial charge in [-0.3, -0.25) is 4.79 Å². The number of nitrogens with zero attached hydrogens (tertiary/aromatic N) is 3. The lowest BCUT2D eigenvalue weighted by molar-refractivity contribution is 0.101. The van der Waals surface area contributed by atoms with Crippen molar-refractivity contribution in [1.29, 1.82) is 0 Å². The summed E-state index contributed by atoms with van der Waals surface area (Å²) in [6.07, 6.45) is 2.85. The normalized spacial score (nSPS) is 9.41. The number of carbonyl (C=O) groups is 1. The summed E-state index contributed by atoms with van der Waals surface area (Å²) in [5, 5.41) is 7.61. The Balaban J connectivity index is 0.000000686. The largest absolute Gasteiger partial charge is 0.294 e. The molecule has 4 nitrogen and oxygen atoms in total. The number of rotatable bonds is 2. The molecule has 0 bridgehead atoms. The Morgan fingerprint density at radius 3 is 2.35 bits per heavy atom. The zero-order valence-corrected chi connectivity index (χ0v) is 10.0. The lowest BCUT2D eigenvalue weighted by atomic mass is 10.1.